The average molecular weight is 87.1 g/mol. The summed E-state index contributed by atoms with van der Waals surface area (Å²) in [5.74, 6) is 0. The van der Waals surface area contributed by atoms with Crippen molar-refractivity contribution >= 4 is 6.29 Å². The van der Waals surface area contributed by atoms with E-state index < -0.39 is 6.10 Å². The van der Waals surface area contributed by atoms with E-state index in [1.807, 2.05) is 0 Å². The summed E-state index contributed by atoms with van der Waals surface area (Å²) < 4.78 is 0. The minimum atomic E-state index is -0.856. The Morgan fingerprint density at radius 3 is 2.50 bits per heavy atom. The first-order valence-corrected chi connectivity index (χ1v) is 1.74. The number of aliphatic hydroxyl groups is 1. The van der Waals surface area contributed by atoms with E-state index in [4.69, 9.17) is 5.11 Å². The van der Waals surface area contributed by atoms with Gasteiger partial charge < -0.3 is 9.90 Å². The van der Waals surface area contributed by atoms with E-state index in [0.29, 0.717) is 6.29 Å². The maximum atomic E-state index is 9.45. The Bertz CT molecular complexity index is 42.8. The van der Waals surface area contributed by atoms with Gasteiger partial charge in [0.2, 0.25) is 0 Å². The summed E-state index contributed by atoms with van der Waals surface area (Å²) >= 11 is 0. The molecule has 0 spiro atoms. The standard InChI is InChI=1S/C4H7O2/c1-2-4(6)3-5/h3-4,6H,1-2H2. The Labute approximate surface area is 36.8 Å². The van der Waals surface area contributed by atoms with E-state index in [2.05, 4.69) is 6.92 Å². The molecule has 1 N–H and O–H groups in total. The van der Waals surface area contributed by atoms with Crippen LogP contribution in [-0.4, -0.2) is 17.5 Å². The van der Waals surface area contributed by atoms with E-state index in [1.165, 1.54) is 0 Å². The lowest BCUT2D eigenvalue weighted by molar-refractivity contribution is -0.114. The maximum Gasteiger partial charge on any atom is 0.148 e. The highest BCUT2D eigenvalue weighted by Crippen LogP contribution is 1.79. The second-order valence-corrected chi connectivity index (χ2v) is 0.992. The van der Waals surface area contributed by atoms with Crippen LogP contribution in [0.5, 0.6) is 0 Å². The Balaban J connectivity index is 2.96. The first-order valence-electron chi connectivity index (χ1n) is 1.74. The highest BCUT2D eigenvalue weighted by atomic mass is 16.3. The fourth-order valence-electron chi connectivity index (χ4n) is 0.0680. The molecule has 1 unspecified atom stereocenters. The zero-order valence-electron chi connectivity index (χ0n) is 3.42. The molecule has 0 aromatic rings. The van der Waals surface area contributed by atoms with Gasteiger partial charge in [-0.25, -0.2) is 0 Å². The van der Waals surface area contributed by atoms with Crippen molar-refractivity contribution in [2.24, 2.45) is 0 Å². The van der Waals surface area contributed by atoms with Crippen LogP contribution in [0.25, 0.3) is 0 Å². The van der Waals surface area contributed by atoms with Crippen molar-refractivity contribution in [3.63, 3.8) is 0 Å². The molecule has 0 aliphatic carbocycles. The third-order valence-electron chi connectivity index (χ3n) is 0.453. The molecule has 2 heteroatoms. The number of aldehydes is 1. The van der Waals surface area contributed by atoms with Crippen LogP contribution < -0.4 is 0 Å². The molecular weight excluding hydrogens is 80.0 g/mol. The SMILES string of the molecule is [CH2]CC(O)C=O. The predicted molar refractivity (Wildman–Crippen MR) is 22.0 cm³/mol. The molecule has 0 aromatic carbocycles. The van der Waals surface area contributed by atoms with Crippen molar-refractivity contribution in [3.05, 3.63) is 6.92 Å². The largest absolute Gasteiger partial charge is 0.386 e. The summed E-state index contributed by atoms with van der Waals surface area (Å²) in [4.78, 5) is 9.45. The Morgan fingerprint density at radius 1 is 2.00 bits per heavy atom. The monoisotopic (exact) mass is 87.0 g/mol. The summed E-state index contributed by atoms with van der Waals surface area (Å²) in [7, 11) is 0. The zero-order valence-corrected chi connectivity index (χ0v) is 3.42. The molecule has 0 amide bonds. The quantitative estimate of drug-likeness (QED) is 0.472. The van der Waals surface area contributed by atoms with Crippen molar-refractivity contribution in [2.75, 3.05) is 0 Å². The lowest BCUT2D eigenvalue weighted by atomic mass is 10.3. The van der Waals surface area contributed by atoms with Gasteiger partial charge in [0.05, 0.1) is 0 Å². The fraction of sp³-hybridized carbons (Fsp3) is 0.500. The first-order chi connectivity index (χ1) is 2.81. The summed E-state index contributed by atoms with van der Waals surface area (Å²) in [6.07, 6.45) is -0.124. The van der Waals surface area contributed by atoms with Crippen LogP contribution in [0.4, 0.5) is 0 Å². The lowest BCUT2D eigenvalue weighted by Crippen LogP contribution is -2.03. The summed E-state index contributed by atoms with van der Waals surface area (Å²) in [6.45, 7) is 3.28. The van der Waals surface area contributed by atoms with Crippen LogP contribution >= 0.6 is 0 Å². The number of hydrogen-bond donors (Lipinski definition) is 1. The van der Waals surface area contributed by atoms with Crippen molar-refractivity contribution in [2.45, 2.75) is 12.5 Å². The van der Waals surface area contributed by atoms with Crippen molar-refractivity contribution in [1.29, 1.82) is 0 Å². The van der Waals surface area contributed by atoms with Gasteiger partial charge in [0, 0.05) is 0 Å². The van der Waals surface area contributed by atoms with Gasteiger partial charge in [-0.2, -0.15) is 0 Å². The Kier molecular flexibility index (Phi) is 2.67. The summed E-state index contributed by atoms with van der Waals surface area (Å²) in [5, 5.41) is 8.24. The minimum Gasteiger partial charge on any atom is -0.386 e. The van der Waals surface area contributed by atoms with Gasteiger partial charge in [-0.15, -0.1) is 0 Å². The first kappa shape index (κ1) is 5.63. The van der Waals surface area contributed by atoms with Gasteiger partial charge >= 0.3 is 0 Å². The molecule has 0 aliphatic rings. The van der Waals surface area contributed by atoms with E-state index >= 15 is 0 Å². The van der Waals surface area contributed by atoms with Crippen molar-refractivity contribution < 1.29 is 9.90 Å². The zero-order chi connectivity index (χ0) is 4.99. The van der Waals surface area contributed by atoms with Gasteiger partial charge in [-0.3, -0.25) is 0 Å². The van der Waals surface area contributed by atoms with Gasteiger partial charge in [0.15, 0.2) is 0 Å². The van der Waals surface area contributed by atoms with Crippen LogP contribution in [0.3, 0.4) is 0 Å². The molecular formula is C4H7O2. The molecule has 0 saturated heterocycles. The predicted octanol–water partition coefficient (Wildman–Crippen LogP) is -0.230. The topological polar surface area (TPSA) is 37.3 Å². The molecule has 35 valence electrons. The number of aliphatic hydroxyl groups excluding tert-OH is 1. The second-order valence-electron chi connectivity index (χ2n) is 0.992. The summed E-state index contributed by atoms with van der Waals surface area (Å²) in [6, 6.07) is 0. The van der Waals surface area contributed by atoms with Crippen LogP contribution in [0, 0.1) is 6.92 Å². The number of hydrogen-bond acceptors (Lipinski definition) is 2. The smallest absolute Gasteiger partial charge is 0.148 e. The van der Waals surface area contributed by atoms with Crippen LogP contribution in [0.15, 0.2) is 0 Å². The minimum absolute atomic E-state index is 0.267. The van der Waals surface area contributed by atoms with E-state index in [9.17, 15) is 4.79 Å². The average Bonchev–Trinajstić information content (AvgIpc) is 1.65. The van der Waals surface area contributed by atoms with Gasteiger partial charge in [-0.1, -0.05) is 6.92 Å². The van der Waals surface area contributed by atoms with E-state index in [0.717, 1.165) is 0 Å². The Morgan fingerprint density at radius 2 is 2.50 bits per heavy atom. The molecule has 0 aromatic heterocycles. The second kappa shape index (κ2) is 2.85. The number of rotatable bonds is 2. The fourth-order valence-corrected chi connectivity index (χ4v) is 0.0680. The number of carbonyl (C=O) groups excluding carboxylic acids is 1. The molecule has 0 aliphatic heterocycles. The molecule has 2 nitrogen and oxygen atoms in total. The highest BCUT2D eigenvalue weighted by Gasteiger charge is 1.91. The molecule has 0 saturated carbocycles. The third-order valence-corrected chi connectivity index (χ3v) is 0.453. The van der Waals surface area contributed by atoms with Crippen LogP contribution in [0.1, 0.15) is 6.42 Å². The van der Waals surface area contributed by atoms with Crippen molar-refractivity contribution in [1.82, 2.24) is 0 Å². The van der Waals surface area contributed by atoms with Gasteiger partial charge in [0.25, 0.3) is 0 Å². The van der Waals surface area contributed by atoms with E-state index in [-0.39, 0.29) is 6.42 Å². The summed E-state index contributed by atoms with van der Waals surface area (Å²) in [5.41, 5.74) is 0. The van der Waals surface area contributed by atoms with Crippen LogP contribution in [-0.2, 0) is 4.79 Å². The third kappa shape index (κ3) is 1.91. The van der Waals surface area contributed by atoms with Crippen LogP contribution in [0.2, 0.25) is 0 Å². The highest BCUT2D eigenvalue weighted by molar-refractivity contribution is 5.55. The number of carbonyl (C=O) groups is 1. The lowest BCUT2D eigenvalue weighted by Gasteiger charge is -1.89. The Hall–Kier alpha value is -0.370. The van der Waals surface area contributed by atoms with E-state index in [1.54, 1.807) is 0 Å². The maximum absolute atomic E-state index is 9.45. The van der Waals surface area contributed by atoms with Gasteiger partial charge in [0.1, 0.15) is 12.4 Å². The molecule has 0 fully saturated rings. The molecule has 1 atom stereocenters. The van der Waals surface area contributed by atoms with Gasteiger partial charge in [-0.05, 0) is 6.42 Å². The van der Waals surface area contributed by atoms with Crippen molar-refractivity contribution in [3.8, 4) is 0 Å². The molecule has 0 bridgehead atoms. The molecule has 0 rings (SSSR count). The molecule has 0 heterocycles. The molecule has 6 heavy (non-hydrogen) atoms. The normalized spacial score (nSPS) is 13.7. The molecule has 1 radical (unpaired) electrons.